The number of nitrogens with one attached hydrogen (secondary N) is 1. The summed E-state index contributed by atoms with van der Waals surface area (Å²) in [4.78, 5) is 14.8. The molecule has 0 saturated heterocycles. The van der Waals surface area contributed by atoms with Gasteiger partial charge in [0.1, 0.15) is 5.54 Å². The molecule has 80 valence electrons. The van der Waals surface area contributed by atoms with E-state index in [2.05, 4.69) is 10.3 Å². The first kappa shape index (κ1) is 10.8. The van der Waals surface area contributed by atoms with E-state index in [1.165, 1.54) is 0 Å². The van der Waals surface area contributed by atoms with Crippen molar-refractivity contribution in [2.75, 3.05) is 6.54 Å². The van der Waals surface area contributed by atoms with Gasteiger partial charge in [0.25, 0.3) is 0 Å². The molecule has 1 aliphatic rings. The lowest BCUT2D eigenvalue weighted by Crippen LogP contribution is -2.52. The van der Waals surface area contributed by atoms with E-state index in [-0.39, 0.29) is 6.04 Å². The Morgan fingerprint density at radius 2 is 2.50 bits per heavy atom. The molecule has 14 heavy (non-hydrogen) atoms. The molecule has 2 atom stereocenters. The highest BCUT2D eigenvalue weighted by Crippen LogP contribution is 2.16. The molecule has 6 nitrogen and oxygen atoms in total. The summed E-state index contributed by atoms with van der Waals surface area (Å²) in [6.07, 6.45) is 0.726. The maximum atomic E-state index is 10.9. The SMILES string of the molecule is CC[C@](N)(C[C@@H]1CN=C(N)N1)C(=O)O. The second-order valence-electron chi connectivity index (χ2n) is 3.59. The van der Waals surface area contributed by atoms with E-state index in [1.807, 2.05) is 0 Å². The van der Waals surface area contributed by atoms with Crippen LogP contribution in [0.3, 0.4) is 0 Å². The third-order valence-corrected chi connectivity index (χ3v) is 2.50. The predicted octanol–water partition coefficient (Wildman–Crippen LogP) is -1.14. The minimum Gasteiger partial charge on any atom is -0.480 e. The fourth-order valence-corrected chi connectivity index (χ4v) is 1.45. The fraction of sp³-hybridized carbons (Fsp3) is 0.750. The zero-order valence-electron chi connectivity index (χ0n) is 8.16. The molecule has 0 spiro atoms. The summed E-state index contributed by atoms with van der Waals surface area (Å²) in [5, 5.41) is 11.8. The molecule has 0 aromatic rings. The van der Waals surface area contributed by atoms with Gasteiger partial charge in [0.2, 0.25) is 0 Å². The summed E-state index contributed by atoms with van der Waals surface area (Å²) < 4.78 is 0. The number of carboxylic acids is 1. The Morgan fingerprint density at radius 1 is 1.86 bits per heavy atom. The van der Waals surface area contributed by atoms with Crippen LogP contribution in [0, 0.1) is 0 Å². The van der Waals surface area contributed by atoms with Crippen molar-refractivity contribution in [2.45, 2.75) is 31.3 Å². The molecular formula is C8H16N4O2. The van der Waals surface area contributed by atoms with Crippen LogP contribution in [0.25, 0.3) is 0 Å². The van der Waals surface area contributed by atoms with Crippen molar-refractivity contribution in [1.82, 2.24) is 5.32 Å². The summed E-state index contributed by atoms with van der Waals surface area (Å²) >= 11 is 0. The molecule has 0 fully saturated rings. The Morgan fingerprint density at radius 3 is 2.86 bits per heavy atom. The zero-order chi connectivity index (χ0) is 10.8. The number of rotatable bonds is 4. The molecular weight excluding hydrogens is 184 g/mol. The lowest BCUT2D eigenvalue weighted by molar-refractivity contribution is -0.144. The van der Waals surface area contributed by atoms with Crippen LogP contribution in [0.4, 0.5) is 0 Å². The normalized spacial score (nSPS) is 25.0. The van der Waals surface area contributed by atoms with Gasteiger partial charge in [-0.3, -0.25) is 9.79 Å². The highest BCUT2D eigenvalue weighted by atomic mass is 16.4. The summed E-state index contributed by atoms with van der Waals surface area (Å²) in [7, 11) is 0. The summed E-state index contributed by atoms with van der Waals surface area (Å²) in [6.45, 7) is 2.26. The topological polar surface area (TPSA) is 114 Å². The van der Waals surface area contributed by atoms with Gasteiger partial charge < -0.3 is 21.9 Å². The number of hydrogen-bond acceptors (Lipinski definition) is 5. The highest BCUT2D eigenvalue weighted by Gasteiger charge is 2.35. The molecule has 0 aromatic heterocycles. The van der Waals surface area contributed by atoms with E-state index in [0.717, 1.165) is 0 Å². The molecule has 6 N–H and O–H groups in total. The maximum absolute atomic E-state index is 10.9. The Balaban J connectivity index is 2.54. The standard InChI is InChI=1S/C8H16N4O2/c1-2-8(10,6(13)14)3-5-4-11-7(9)12-5/h5H,2-4,10H2,1H3,(H,13,14)(H3,9,11,12)/t5-,8+/m1/s1. The number of aliphatic imine (C=N–C) groups is 1. The van der Waals surface area contributed by atoms with Crippen LogP contribution in [-0.4, -0.2) is 35.2 Å². The van der Waals surface area contributed by atoms with Crippen LogP contribution < -0.4 is 16.8 Å². The number of nitrogens with zero attached hydrogens (tertiary/aromatic N) is 1. The van der Waals surface area contributed by atoms with Gasteiger partial charge in [-0.05, 0) is 12.8 Å². The molecule has 0 unspecified atom stereocenters. The van der Waals surface area contributed by atoms with Crippen molar-refractivity contribution >= 4 is 11.9 Å². The van der Waals surface area contributed by atoms with Crippen LogP contribution in [-0.2, 0) is 4.79 Å². The molecule has 0 aliphatic carbocycles. The van der Waals surface area contributed by atoms with Crippen molar-refractivity contribution in [2.24, 2.45) is 16.5 Å². The van der Waals surface area contributed by atoms with Gasteiger partial charge in [0.05, 0.1) is 12.6 Å². The Labute approximate surface area is 82.4 Å². The maximum Gasteiger partial charge on any atom is 0.323 e. The first-order valence-electron chi connectivity index (χ1n) is 4.56. The van der Waals surface area contributed by atoms with Gasteiger partial charge in [-0.2, -0.15) is 0 Å². The van der Waals surface area contributed by atoms with Crippen LogP contribution in [0.1, 0.15) is 19.8 Å². The first-order chi connectivity index (χ1) is 6.48. The number of hydrogen-bond donors (Lipinski definition) is 4. The van der Waals surface area contributed by atoms with Crippen molar-refractivity contribution in [3.05, 3.63) is 0 Å². The Kier molecular flexibility index (Phi) is 2.95. The predicted molar refractivity (Wildman–Crippen MR) is 52.9 cm³/mol. The third kappa shape index (κ3) is 2.14. The summed E-state index contributed by atoms with van der Waals surface area (Å²) in [5.74, 6) is -0.619. The van der Waals surface area contributed by atoms with E-state index in [4.69, 9.17) is 16.6 Å². The third-order valence-electron chi connectivity index (χ3n) is 2.50. The van der Waals surface area contributed by atoms with E-state index in [0.29, 0.717) is 25.3 Å². The Bertz CT molecular complexity index is 266. The van der Waals surface area contributed by atoms with E-state index < -0.39 is 11.5 Å². The Hall–Kier alpha value is -1.30. The van der Waals surface area contributed by atoms with Gasteiger partial charge in [-0.1, -0.05) is 6.92 Å². The van der Waals surface area contributed by atoms with Gasteiger partial charge >= 0.3 is 5.97 Å². The minimum absolute atomic E-state index is 0.0592. The van der Waals surface area contributed by atoms with Gasteiger partial charge in [-0.15, -0.1) is 0 Å². The summed E-state index contributed by atoms with van der Waals surface area (Å²) in [6, 6.07) is -0.0592. The van der Waals surface area contributed by atoms with Crippen molar-refractivity contribution in [3.63, 3.8) is 0 Å². The molecule has 1 aliphatic heterocycles. The van der Waals surface area contributed by atoms with E-state index >= 15 is 0 Å². The molecule has 0 aromatic carbocycles. The molecule has 0 amide bonds. The molecule has 0 saturated carbocycles. The molecule has 6 heteroatoms. The number of aliphatic carboxylic acids is 1. The minimum atomic E-state index is -1.18. The highest BCUT2D eigenvalue weighted by molar-refractivity contribution is 5.81. The molecule has 0 bridgehead atoms. The van der Waals surface area contributed by atoms with Crippen molar-refractivity contribution < 1.29 is 9.90 Å². The van der Waals surface area contributed by atoms with E-state index in [9.17, 15) is 4.79 Å². The molecule has 1 rings (SSSR count). The summed E-state index contributed by atoms with van der Waals surface area (Å²) in [5.41, 5.74) is 9.96. The first-order valence-corrected chi connectivity index (χ1v) is 4.56. The van der Waals surface area contributed by atoms with Crippen LogP contribution in [0.5, 0.6) is 0 Å². The van der Waals surface area contributed by atoms with Gasteiger partial charge in [-0.25, -0.2) is 0 Å². The average Bonchev–Trinajstić information content (AvgIpc) is 2.50. The lowest BCUT2D eigenvalue weighted by atomic mass is 9.89. The van der Waals surface area contributed by atoms with Gasteiger partial charge in [0.15, 0.2) is 5.96 Å². The quantitative estimate of drug-likeness (QED) is 0.458. The second kappa shape index (κ2) is 3.83. The van der Waals surface area contributed by atoms with Crippen molar-refractivity contribution in [3.8, 4) is 0 Å². The largest absolute Gasteiger partial charge is 0.480 e. The number of carboxylic acid groups (broad SMARTS) is 1. The van der Waals surface area contributed by atoms with Gasteiger partial charge in [0, 0.05) is 0 Å². The van der Waals surface area contributed by atoms with E-state index in [1.54, 1.807) is 6.92 Å². The van der Waals surface area contributed by atoms with Crippen LogP contribution >= 0.6 is 0 Å². The molecule has 0 radical (unpaired) electrons. The smallest absolute Gasteiger partial charge is 0.323 e. The number of nitrogens with two attached hydrogens (primary N) is 2. The molecule has 1 heterocycles. The number of guanidine groups is 1. The lowest BCUT2D eigenvalue weighted by Gasteiger charge is -2.26. The number of carbonyl (C=O) groups is 1. The fourth-order valence-electron chi connectivity index (χ4n) is 1.45. The van der Waals surface area contributed by atoms with Crippen LogP contribution in [0.2, 0.25) is 0 Å². The van der Waals surface area contributed by atoms with Crippen LogP contribution in [0.15, 0.2) is 4.99 Å². The monoisotopic (exact) mass is 200 g/mol. The van der Waals surface area contributed by atoms with Crippen molar-refractivity contribution in [1.29, 1.82) is 0 Å². The second-order valence-corrected chi connectivity index (χ2v) is 3.59. The average molecular weight is 200 g/mol. The zero-order valence-corrected chi connectivity index (χ0v) is 8.16.